The highest BCUT2D eigenvalue weighted by Gasteiger charge is 2.23. The van der Waals surface area contributed by atoms with E-state index in [2.05, 4.69) is 309 Å². The minimum absolute atomic E-state index is 0.593. The van der Waals surface area contributed by atoms with Gasteiger partial charge < -0.3 is 18.3 Å². The van der Waals surface area contributed by atoms with Gasteiger partial charge in [0.1, 0.15) is 0 Å². The molecule has 13 aromatic carbocycles. The largest absolute Gasteiger partial charge is 0.309 e. The van der Waals surface area contributed by atoms with Crippen molar-refractivity contribution in [1.29, 1.82) is 0 Å². The lowest BCUT2D eigenvalue weighted by molar-refractivity contribution is 1.07. The van der Waals surface area contributed by atoms with Gasteiger partial charge in [0, 0.05) is 71.2 Å². The fourth-order valence-corrected chi connectivity index (χ4v) is 13.8. The van der Waals surface area contributed by atoms with E-state index in [1.807, 2.05) is 18.2 Å². The van der Waals surface area contributed by atoms with E-state index in [4.69, 9.17) is 15.0 Å². The molecular weight excluding hydrogens is 1070 g/mol. The van der Waals surface area contributed by atoms with E-state index in [1.54, 1.807) is 0 Å². The van der Waals surface area contributed by atoms with Crippen molar-refractivity contribution in [3.63, 3.8) is 0 Å². The molecule has 18 rings (SSSR count). The fourth-order valence-electron chi connectivity index (χ4n) is 13.8. The zero-order valence-electron chi connectivity index (χ0n) is 47.6. The smallest absolute Gasteiger partial charge is 0.164 e. The van der Waals surface area contributed by atoms with Gasteiger partial charge in [-0.25, -0.2) is 15.0 Å². The molecule has 410 valence electrons. The Morgan fingerprint density at radius 2 is 0.489 bits per heavy atom. The molecule has 88 heavy (non-hydrogen) atoms. The van der Waals surface area contributed by atoms with E-state index >= 15 is 0 Å². The standard InChI is InChI=1S/C81H51N7/c1-3-21-52(22-4-1)79-82-80(84-81(83-79)58-25-20-28-60(48-58)86-69-35-13-7-29-61(69)62-30-8-14-36-70(62)86)57-24-19-23-53(47-57)56-43-46-77(78(51-56)88-72-38-16-9-31-63(72)64-32-10-17-39-73(64)88)87-74-40-18-12-34-66(74)68-50-55(42-45-76(68)87)54-41-44-75-67(49-54)65-33-11-15-37-71(65)85(75)59-26-5-2-6-27-59/h1-51H. The van der Waals surface area contributed by atoms with Gasteiger partial charge in [-0.3, -0.25) is 0 Å². The molecule has 0 saturated carbocycles. The molecule has 0 fully saturated rings. The minimum atomic E-state index is 0.593. The zero-order valence-corrected chi connectivity index (χ0v) is 47.6. The Morgan fingerprint density at radius 1 is 0.170 bits per heavy atom. The van der Waals surface area contributed by atoms with Crippen LogP contribution in [-0.4, -0.2) is 33.2 Å². The van der Waals surface area contributed by atoms with E-state index in [1.165, 1.54) is 65.3 Å². The Bertz CT molecular complexity index is 5720. The van der Waals surface area contributed by atoms with Crippen LogP contribution in [0.15, 0.2) is 309 Å². The van der Waals surface area contributed by atoms with Crippen LogP contribution in [0.3, 0.4) is 0 Å². The fraction of sp³-hybridized carbons (Fsp3) is 0. The normalized spacial score (nSPS) is 11.9. The molecule has 7 heteroatoms. The van der Waals surface area contributed by atoms with Gasteiger partial charge in [0.15, 0.2) is 17.5 Å². The van der Waals surface area contributed by atoms with Crippen LogP contribution in [0, 0.1) is 0 Å². The SMILES string of the molecule is c1ccc(-c2nc(-c3cccc(-c4ccc(-n5c6ccccc6c6cc(-c7ccc8c(c7)c7ccccc7n8-c7ccccc7)ccc65)c(-n5c6ccccc6c6ccccc65)c4)c3)nc(-c3cccc(-n4c5ccccc5c5ccccc54)c3)n2)cc1. The van der Waals surface area contributed by atoms with Crippen molar-refractivity contribution >= 4 is 87.2 Å². The average Bonchev–Trinajstić information content (AvgIpc) is 2.20. The maximum Gasteiger partial charge on any atom is 0.164 e. The Hall–Kier alpha value is -11.9. The summed E-state index contributed by atoms with van der Waals surface area (Å²) in [6.07, 6.45) is 0. The molecule has 5 heterocycles. The first-order chi connectivity index (χ1) is 43.6. The molecule has 5 aromatic heterocycles. The molecule has 0 atom stereocenters. The number of rotatable bonds is 9. The van der Waals surface area contributed by atoms with E-state index in [0.29, 0.717) is 17.5 Å². The summed E-state index contributed by atoms with van der Waals surface area (Å²) in [4.78, 5) is 15.8. The Balaban J connectivity index is 0.795. The third-order valence-corrected chi connectivity index (χ3v) is 17.8. The van der Waals surface area contributed by atoms with E-state index in [0.717, 1.165) is 83.7 Å². The molecule has 0 amide bonds. The summed E-state index contributed by atoms with van der Waals surface area (Å²) in [5, 5.41) is 9.68. The Morgan fingerprint density at radius 3 is 1.01 bits per heavy atom. The van der Waals surface area contributed by atoms with Crippen LogP contribution in [-0.2, 0) is 0 Å². The number of benzene rings is 13. The Kier molecular flexibility index (Phi) is 11.2. The molecule has 0 aliphatic carbocycles. The summed E-state index contributed by atoms with van der Waals surface area (Å²) in [5.74, 6) is 1.80. The maximum atomic E-state index is 5.34. The third kappa shape index (κ3) is 7.81. The summed E-state index contributed by atoms with van der Waals surface area (Å²) >= 11 is 0. The van der Waals surface area contributed by atoms with Gasteiger partial charge in [-0.1, -0.05) is 206 Å². The first-order valence-corrected chi connectivity index (χ1v) is 29.9. The number of hydrogen-bond donors (Lipinski definition) is 0. The number of fused-ring (bicyclic) bond motifs is 12. The third-order valence-electron chi connectivity index (χ3n) is 17.8. The molecule has 0 radical (unpaired) electrons. The van der Waals surface area contributed by atoms with Crippen LogP contribution in [0.4, 0.5) is 0 Å². The number of para-hydroxylation sites is 7. The topological polar surface area (TPSA) is 58.4 Å². The van der Waals surface area contributed by atoms with Gasteiger partial charge in [0.25, 0.3) is 0 Å². The Labute approximate surface area is 506 Å². The number of aromatic nitrogens is 7. The van der Waals surface area contributed by atoms with Crippen LogP contribution < -0.4 is 0 Å². The molecule has 7 nitrogen and oxygen atoms in total. The van der Waals surface area contributed by atoms with E-state index in [9.17, 15) is 0 Å². The highest BCUT2D eigenvalue weighted by Crippen LogP contribution is 2.43. The minimum Gasteiger partial charge on any atom is -0.309 e. The van der Waals surface area contributed by atoms with Crippen molar-refractivity contribution < 1.29 is 0 Å². The molecule has 0 spiro atoms. The predicted molar refractivity (Wildman–Crippen MR) is 364 cm³/mol. The molecule has 0 bridgehead atoms. The van der Waals surface area contributed by atoms with Crippen LogP contribution in [0.25, 0.3) is 166 Å². The quantitative estimate of drug-likeness (QED) is 0.145. The predicted octanol–water partition coefficient (Wildman–Crippen LogP) is 20.6. The summed E-state index contributed by atoms with van der Waals surface area (Å²) in [5.41, 5.74) is 20.7. The van der Waals surface area contributed by atoms with Crippen molar-refractivity contribution in [2.75, 3.05) is 0 Å². The number of hydrogen-bond acceptors (Lipinski definition) is 3. The molecule has 0 N–H and O–H groups in total. The first kappa shape index (κ1) is 49.5. The van der Waals surface area contributed by atoms with Gasteiger partial charge in [-0.2, -0.15) is 0 Å². The lowest BCUT2D eigenvalue weighted by atomic mass is 10.0. The highest BCUT2D eigenvalue weighted by atomic mass is 15.1. The first-order valence-electron chi connectivity index (χ1n) is 29.9. The summed E-state index contributed by atoms with van der Waals surface area (Å²) < 4.78 is 9.64. The van der Waals surface area contributed by atoms with E-state index in [-0.39, 0.29) is 0 Å². The second kappa shape index (κ2) is 19.8. The average molecular weight is 1120 g/mol. The maximum absolute atomic E-state index is 5.34. The monoisotopic (exact) mass is 1120 g/mol. The van der Waals surface area contributed by atoms with E-state index < -0.39 is 0 Å². The highest BCUT2D eigenvalue weighted by molar-refractivity contribution is 6.14. The van der Waals surface area contributed by atoms with Crippen molar-refractivity contribution in [2.24, 2.45) is 0 Å². The number of nitrogens with zero attached hydrogens (tertiary/aromatic N) is 7. The molecular formula is C81H51N7. The van der Waals surface area contributed by atoms with Gasteiger partial charge in [-0.05, 0) is 125 Å². The van der Waals surface area contributed by atoms with Crippen molar-refractivity contribution in [1.82, 2.24) is 33.2 Å². The summed E-state index contributed by atoms with van der Waals surface area (Å²) in [6, 6.07) is 111. The molecule has 0 unspecified atom stereocenters. The molecule has 0 saturated heterocycles. The lowest BCUT2D eigenvalue weighted by Crippen LogP contribution is -2.04. The summed E-state index contributed by atoms with van der Waals surface area (Å²) in [7, 11) is 0. The lowest BCUT2D eigenvalue weighted by Gasteiger charge is -2.18. The summed E-state index contributed by atoms with van der Waals surface area (Å²) in [6.45, 7) is 0. The second-order valence-corrected chi connectivity index (χ2v) is 22.8. The molecule has 0 aliphatic heterocycles. The van der Waals surface area contributed by atoms with Gasteiger partial charge >= 0.3 is 0 Å². The molecule has 18 aromatic rings. The van der Waals surface area contributed by atoms with Crippen molar-refractivity contribution in [3.05, 3.63) is 309 Å². The van der Waals surface area contributed by atoms with Crippen molar-refractivity contribution in [2.45, 2.75) is 0 Å². The van der Waals surface area contributed by atoms with Crippen LogP contribution in [0.2, 0.25) is 0 Å². The van der Waals surface area contributed by atoms with Crippen LogP contribution in [0.5, 0.6) is 0 Å². The second-order valence-electron chi connectivity index (χ2n) is 22.8. The van der Waals surface area contributed by atoms with Gasteiger partial charge in [0.05, 0.1) is 55.5 Å². The van der Waals surface area contributed by atoms with Crippen LogP contribution in [0.1, 0.15) is 0 Å². The van der Waals surface area contributed by atoms with Crippen LogP contribution >= 0.6 is 0 Å². The van der Waals surface area contributed by atoms with Gasteiger partial charge in [0.2, 0.25) is 0 Å². The van der Waals surface area contributed by atoms with Gasteiger partial charge in [-0.15, -0.1) is 0 Å². The van der Waals surface area contributed by atoms with Crippen molar-refractivity contribution in [3.8, 4) is 79.2 Å². The molecule has 0 aliphatic rings. The zero-order chi connectivity index (χ0) is 57.8.